The lowest BCUT2D eigenvalue weighted by atomic mass is 9.78. The highest BCUT2D eigenvalue weighted by Gasteiger charge is 2.28. The number of aryl methyl sites for hydroxylation is 2. The number of pyridine rings is 3. The average Bonchev–Trinajstić information content (AvgIpc) is 3.44. The Morgan fingerprint density at radius 2 is 1.49 bits per heavy atom. The lowest BCUT2D eigenvalue weighted by Crippen LogP contribution is -2.17. The zero-order valence-corrected chi connectivity index (χ0v) is 30.3. The van der Waals surface area contributed by atoms with Gasteiger partial charge in [0.25, 0.3) is 0 Å². The van der Waals surface area contributed by atoms with Gasteiger partial charge >= 0.3 is 0 Å². The molecule has 0 radical (unpaired) electrons. The van der Waals surface area contributed by atoms with E-state index >= 15 is 0 Å². The Morgan fingerprint density at radius 3 is 2.20 bits per heavy atom. The number of thiophene rings is 1. The Hall–Kier alpha value is -5.07. The Kier molecular flexibility index (Phi) is 8.03. The number of anilines is 3. The van der Waals surface area contributed by atoms with E-state index < -0.39 is 0 Å². The van der Waals surface area contributed by atoms with Crippen molar-refractivity contribution in [2.75, 3.05) is 4.90 Å². The molecule has 1 N–H and O–H groups in total. The van der Waals surface area contributed by atoms with Gasteiger partial charge in [0.2, 0.25) is 0 Å². The van der Waals surface area contributed by atoms with E-state index in [2.05, 4.69) is 125 Å². The molecule has 0 saturated heterocycles. The molecule has 0 spiro atoms. The summed E-state index contributed by atoms with van der Waals surface area (Å²) in [7, 11) is 0. The molecule has 0 atom stereocenters. The molecule has 49 heavy (non-hydrogen) atoms. The predicted octanol–water partition coefficient (Wildman–Crippen LogP) is 12.0. The van der Waals surface area contributed by atoms with E-state index in [1.807, 2.05) is 43.6 Å². The molecule has 7 aromatic rings. The highest BCUT2D eigenvalue weighted by molar-refractivity contribution is 7.26. The number of hydrogen-bond donors (Lipinski definition) is 1. The molecule has 0 saturated carbocycles. The number of nitrogens with zero attached hydrogens (tertiary/aromatic N) is 4. The number of phenols is 1. The third-order valence-electron chi connectivity index (χ3n) is 9.21. The van der Waals surface area contributed by atoms with Gasteiger partial charge < -0.3 is 5.11 Å². The molecule has 7 rings (SSSR count). The van der Waals surface area contributed by atoms with Gasteiger partial charge in [0.1, 0.15) is 11.6 Å². The summed E-state index contributed by atoms with van der Waals surface area (Å²) in [6, 6.07) is 31.5. The van der Waals surface area contributed by atoms with Crippen LogP contribution in [0.1, 0.15) is 63.9 Å². The highest BCUT2D eigenvalue weighted by Crippen LogP contribution is 2.47. The van der Waals surface area contributed by atoms with Gasteiger partial charge in [-0.2, -0.15) is 0 Å². The molecule has 4 heterocycles. The first kappa shape index (κ1) is 32.5. The van der Waals surface area contributed by atoms with E-state index in [1.165, 1.54) is 15.6 Å². The molecular formula is C43H42N4OS. The molecular weight excluding hydrogens is 621 g/mol. The third-order valence-corrected chi connectivity index (χ3v) is 10.4. The van der Waals surface area contributed by atoms with Gasteiger partial charge in [-0.15, -0.1) is 11.3 Å². The zero-order valence-electron chi connectivity index (χ0n) is 29.5. The third kappa shape index (κ3) is 5.95. The molecule has 0 amide bonds. The van der Waals surface area contributed by atoms with E-state index in [9.17, 15) is 5.11 Å². The van der Waals surface area contributed by atoms with Crippen molar-refractivity contribution in [3.63, 3.8) is 0 Å². The highest BCUT2D eigenvalue weighted by atomic mass is 32.1. The molecule has 0 aliphatic heterocycles. The quantitative estimate of drug-likeness (QED) is 0.199. The van der Waals surface area contributed by atoms with Crippen molar-refractivity contribution in [1.29, 1.82) is 0 Å². The Morgan fingerprint density at radius 1 is 0.714 bits per heavy atom. The zero-order chi connectivity index (χ0) is 34.7. The Labute approximate surface area is 293 Å². The first-order valence-electron chi connectivity index (χ1n) is 16.8. The largest absolute Gasteiger partial charge is 0.507 e. The van der Waals surface area contributed by atoms with Crippen LogP contribution >= 0.6 is 11.3 Å². The normalized spacial score (nSPS) is 12.2. The summed E-state index contributed by atoms with van der Waals surface area (Å²) in [4.78, 5) is 17.0. The lowest BCUT2D eigenvalue weighted by Gasteiger charge is -2.28. The Bertz CT molecular complexity index is 2330. The van der Waals surface area contributed by atoms with Gasteiger partial charge in [0.15, 0.2) is 0 Å². The summed E-state index contributed by atoms with van der Waals surface area (Å²) < 4.78 is 2.26. The SMILES string of the molecule is Cc1ccnc(C)c1N(c1cccc(-c2cc3c(sc4ccccc43)c(-c3cc(C(C)(C)C)cc(C(C)(C)C)c3O)n2)c1)c1ccccn1. The van der Waals surface area contributed by atoms with Crippen LogP contribution in [-0.4, -0.2) is 20.1 Å². The fourth-order valence-electron chi connectivity index (χ4n) is 6.57. The van der Waals surface area contributed by atoms with Crippen molar-refractivity contribution in [2.45, 2.75) is 66.2 Å². The fraction of sp³-hybridized carbons (Fsp3) is 0.233. The van der Waals surface area contributed by atoms with Crippen LogP contribution in [0.25, 0.3) is 42.7 Å². The maximum atomic E-state index is 12.0. The smallest absolute Gasteiger partial charge is 0.137 e. The molecule has 246 valence electrons. The van der Waals surface area contributed by atoms with Crippen LogP contribution in [0.15, 0.2) is 103 Å². The monoisotopic (exact) mass is 662 g/mol. The van der Waals surface area contributed by atoms with Gasteiger partial charge in [-0.3, -0.25) is 9.88 Å². The van der Waals surface area contributed by atoms with E-state index in [1.54, 1.807) is 11.3 Å². The van der Waals surface area contributed by atoms with Gasteiger partial charge in [0.05, 0.1) is 27.5 Å². The van der Waals surface area contributed by atoms with Gasteiger partial charge in [-0.1, -0.05) is 84.0 Å². The molecule has 0 aliphatic carbocycles. The van der Waals surface area contributed by atoms with Crippen molar-refractivity contribution in [3.8, 4) is 28.3 Å². The standard InChI is InChI=1S/C43H42N4OS/c1-26-19-21-44-27(2)39(26)47(37-18-11-12-20-45-37)30-15-13-14-28(22-30)35-25-32-31-16-9-10-17-36(31)49-41(32)38(46-35)33-23-29(42(3,4)5)24-34(40(33)48)43(6,7)8/h9-25,48H,1-8H3. The lowest BCUT2D eigenvalue weighted by molar-refractivity contribution is 0.446. The van der Waals surface area contributed by atoms with E-state index in [0.717, 1.165) is 66.6 Å². The van der Waals surface area contributed by atoms with Gasteiger partial charge in [0, 0.05) is 50.2 Å². The topological polar surface area (TPSA) is 62.1 Å². The Balaban J connectivity index is 1.51. The van der Waals surface area contributed by atoms with Gasteiger partial charge in [-0.25, -0.2) is 9.97 Å². The van der Waals surface area contributed by atoms with Crippen molar-refractivity contribution < 1.29 is 5.11 Å². The molecule has 0 fully saturated rings. The second kappa shape index (κ2) is 12.1. The van der Waals surface area contributed by atoms with Crippen molar-refractivity contribution in [1.82, 2.24) is 15.0 Å². The summed E-state index contributed by atoms with van der Waals surface area (Å²) in [6.07, 6.45) is 3.67. The molecule has 0 bridgehead atoms. The number of phenolic OH excluding ortho intramolecular Hbond substituents is 1. The van der Waals surface area contributed by atoms with Crippen molar-refractivity contribution >= 4 is 48.7 Å². The predicted molar refractivity (Wildman–Crippen MR) is 207 cm³/mol. The number of aromatic nitrogens is 3. The summed E-state index contributed by atoms with van der Waals surface area (Å²) in [5.74, 6) is 1.10. The first-order chi connectivity index (χ1) is 23.3. The number of rotatable bonds is 5. The number of aromatic hydroxyl groups is 1. The van der Waals surface area contributed by atoms with Gasteiger partial charge in [-0.05, 0) is 84.3 Å². The van der Waals surface area contributed by atoms with Crippen LogP contribution in [-0.2, 0) is 10.8 Å². The van der Waals surface area contributed by atoms with E-state index in [0.29, 0.717) is 5.75 Å². The number of hydrogen-bond acceptors (Lipinski definition) is 6. The second-order valence-corrected chi connectivity index (χ2v) is 15.9. The van der Waals surface area contributed by atoms with E-state index in [-0.39, 0.29) is 10.8 Å². The van der Waals surface area contributed by atoms with Crippen LogP contribution in [0.3, 0.4) is 0 Å². The summed E-state index contributed by atoms with van der Waals surface area (Å²) >= 11 is 1.73. The molecule has 3 aromatic carbocycles. The molecule has 6 heteroatoms. The average molecular weight is 663 g/mol. The molecule has 4 aromatic heterocycles. The van der Waals surface area contributed by atoms with Crippen LogP contribution in [0.4, 0.5) is 17.2 Å². The number of fused-ring (bicyclic) bond motifs is 3. The minimum Gasteiger partial charge on any atom is -0.507 e. The van der Waals surface area contributed by atoms with E-state index in [4.69, 9.17) is 9.97 Å². The van der Waals surface area contributed by atoms with Crippen LogP contribution in [0, 0.1) is 13.8 Å². The van der Waals surface area contributed by atoms with Crippen LogP contribution in [0.2, 0.25) is 0 Å². The van der Waals surface area contributed by atoms with Crippen molar-refractivity contribution in [2.24, 2.45) is 0 Å². The first-order valence-corrected chi connectivity index (χ1v) is 17.6. The molecule has 5 nitrogen and oxygen atoms in total. The van der Waals surface area contributed by atoms with Crippen LogP contribution < -0.4 is 4.90 Å². The maximum Gasteiger partial charge on any atom is 0.137 e. The second-order valence-electron chi connectivity index (χ2n) is 14.9. The fourth-order valence-corrected chi connectivity index (χ4v) is 7.75. The molecule has 0 aliphatic rings. The summed E-state index contributed by atoms with van der Waals surface area (Å²) in [6.45, 7) is 17.3. The number of benzene rings is 3. The summed E-state index contributed by atoms with van der Waals surface area (Å²) in [5, 5.41) is 14.3. The maximum absolute atomic E-state index is 12.0. The minimum atomic E-state index is -0.261. The minimum absolute atomic E-state index is 0.120. The summed E-state index contributed by atoms with van der Waals surface area (Å²) in [5.41, 5.74) is 9.08. The van der Waals surface area contributed by atoms with Crippen LogP contribution in [0.5, 0.6) is 5.75 Å². The van der Waals surface area contributed by atoms with Crippen molar-refractivity contribution in [3.05, 3.63) is 126 Å². The molecule has 0 unspecified atom stereocenters.